The second kappa shape index (κ2) is 8.09. The van der Waals surface area contributed by atoms with Gasteiger partial charge < -0.3 is 19.6 Å². The van der Waals surface area contributed by atoms with Crippen LogP contribution >= 0.6 is 0 Å². The average Bonchev–Trinajstić information content (AvgIpc) is 2.97. The van der Waals surface area contributed by atoms with Crippen LogP contribution in [0.3, 0.4) is 0 Å². The number of fused-ring (bicyclic) bond motifs is 3. The number of carbonyl (C=O) groups is 2. The molecule has 142 valence electrons. The first-order valence-electron chi connectivity index (χ1n) is 8.75. The van der Waals surface area contributed by atoms with Gasteiger partial charge in [-0.1, -0.05) is 25.1 Å². The number of nitrogens with one attached hydrogen (secondary N) is 1. The first kappa shape index (κ1) is 18.7. The summed E-state index contributed by atoms with van der Waals surface area (Å²) < 4.78 is 11.3. The number of anilines is 1. The smallest absolute Gasteiger partial charge is 0.317 e. The minimum Gasteiger partial charge on any atom is -0.495 e. The van der Waals surface area contributed by atoms with Crippen LogP contribution in [0, 0.1) is 0 Å². The van der Waals surface area contributed by atoms with E-state index in [4.69, 9.17) is 14.3 Å². The van der Waals surface area contributed by atoms with Crippen molar-refractivity contribution >= 4 is 39.5 Å². The molecule has 0 saturated heterocycles. The number of nitrogens with zero attached hydrogens (tertiary/aromatic N) is 1. The number of carbonyl (C=O) groups excluding carboxylic acids is 1. The van der Waals surface area contributed by atoms with Crippen molar-refractivity contribution in [3.05, 3.63) is 36.4 Å². The lowest BCUT2D eigenvalue weighted by Gasteiger charge is -2.19. The van der Waals surface area contributed by atoms with Gasteiger partial charge in [-0.05, 0) is 25.1 Å². The van der Waals surface area contributed by atoms with E-state index in [1.165, 1.54) is 7.11 Å². The van der Waals surface area contributed by atoms with Crippen molar-refractivity contribution in [1.82, 2.24) is 4.90 Å². The van der Waals surface area contributed by atoms with E-state index in [1.54, 1.807) is 11.0 Å². The highest BCUT2D eigenvalue weighted by Crippen LogP contribution is 2.36. The molecule has 7 nitrogen and oxygen atoms in total. The van der Waals surface area contributed by atoms with Gasteiger partial charge in [0.05, 0.1) is 25.9 Å². The van der Waals surface area contributed by atoms with Crippen LogP contribution in [0.2, 0.25) is 0 Å². The molecule has 0 unspecified atom stereocenters. The minimum absolute atomic E-state index is 0.0124. The van der Waals surface area contributed by atoms with Gasteiger partial charge in [0.15, 0.2) is 0 Å². The molecule has 7 heteroatoms. The molecular formula is C20H22N2O5. The summed E-state index contributed by atoms with van der Waals surface area (Å²) in [4.78, 5) is 25.0. The maximum absolute atomic E-state index is 12.4. The summed E-state index contributed by atoms with van der Waals surface area (Å²) in [6.07, 6.45) is 0.759. The second-order valence-corrected chi connectivity index (χ2v) is 6.30. The summed E-state index contributed by atoms with van der Waals surface area (Å²) in [5.41, 5.74) is 1.89. The third-order valence-electron chi connectivity index (χ3n) is 4.24. The largest absolute Gasteiger partial charge is 0.495 e. The van der Waals surface area contributed by atoms with Gasteiger partial charge in [-0.15, -0.1) is 0 Å². The number of hydrogen-bond donors (Lipinski definition) is 2. The zero-order valence-corrected chi connectivity index (χ0v) is 15.3. The fourth-order valence-corrected chi connectivity index (χ4v) is 3.13. The second-order valence-electron chi connectivity index (χ2n) is 6.30. The molecule has 2 N–H and O–H groups in total. The van der Waals surface area contributed by atoms with Crippen molar-refractivity contribution in [3.8, 4) is 5.75 Å². The van der Waals surface area contributed by atoms with Crippen molar-refractivity contribution in [2.45, 2.75) is 13.3 Å². The van der Waals surface area contributed by atoms with Crippen molar-refractivity contribution < 1.29 is 23.8 Å². The van der Waals surface area contributed by atoms with E-state index in [1.807, 2.05) is 37.3 Å². The summed E-state index contributed by atoms with van der Waals surface area (Å²) in [6.45, 7) is 2.27. The van der Waals surface area contributed by atoms with E-state index >= 15 is 0 Å². The van der Waals surface area contributed by atoms with Gasteiger partial charge in [0, 0.05) is 16.8 Å². The van der Waals surface area contributed by atoms with Crippen molar-refractivity contribution in [2.75, 3.05) is 32.1 Å². The van der Waals surface area contributed by atoms with E-state index in [9.17, 15) is 9.59 Å². The maximum Gasteiger partial charge on any atom is 0.317 e. The Morgan fingerprint density at radius 3 is 2.63 bits per heavy atom. The molecule has 1 aromatic heterocycles. The number of benzene rings is 2. The van der Waals surface area contributed by atoms with Crippen molar-refractivity contribution in [2.24, 2.45) is 0 Å². The molecule has 0 spiro atoms. The molecule has 0 fully saturated rings. The number of aliphatic carboxylic acids is 1. The Kier molecular flexibility index (Phi) is 5.61. The minimum atomic E-state index is -0.961. The molecule has 0 aliphatic carbocycles. The summed E-state index contributed by atoms with van der Waals surface area (Å²) in [7, 11) is 1.53. The Morgan fingerprint density at radius 2 is 1.93 bits per heavy atom. The maximum atomic E-state index is 12.4. The average molecular weight is 370 g/mol. The molecule has 1 amide bonds. The third kappa shape index (κ3) is 4.20. The van der Waals surface area contributed by atoms with E-state index in [0.29, 0.717) is 23.6 Å². The highest BCUT2D eigenvalue weighted by atomic mass is 16.5. The van der Waals surface area contributed by atoms with Crippen molar-refractivity contribution in [1.29, 1.82) is 0 Å². The Bertz CT molecular complexity index is 979. The van der Waals surface area contributed by atoms with E-state index in [2.05, 4.69) is 5.32 Å². The Morgan fingerprint density at radius 1 is 1.15 bits per heavy atom. The number of para-hydroxylation sites is 1. The predicted octanol–water partition coefficient (Wildman–Crippen LogP) is 3.33. The molecule has 0 atom stereocenters. The number of hydrogen-bond acceptors (Lipinski definition) is 5. The van der Waals surface area contributed by atoms with Crippen LogP contribution in [-0.2, 0) is 9.59 Å². The highest BCUT2D eigenvalue weighted by Gasteiger charge is 2.17. The number of carboxylic acids is 1. The molecule has 27 heavy (non-hydrogen) atoms. The molecule has 2 aromatic carbocycles. The third-order valence-corrected chi connectivity index (χ3v) is 4.24. The van der Waals surface area contributed by atoms with E-state index in [0.717, 1.165) is 22.8 Å². The topological polar surface area (TPSA) is 92.0 Å². The number of amides is 1. The van der Waals surface area contributed by atoms with Crippen LogP contribution in [0.15, 0.2) is 40.8 Å². The molecule has 3 aromatic rings. The van der Waals surface area contributed by atoms with Crippen LogP contribution in [0.1, 0.15) is 13.3 Å². The van der Waals surface area contributed by atoms with Gasteiger partial charge in [0.2, 0.25) is 5.91 Å². The van der Waals surface area contributed by atoms with Crippen LogP contribution in [-0.4, -0.2) is 48.6 Å². The Balaban J connectivity index is 1.85. The summed E-state index contributed by atoms with van der Waals surface area (Å²) >= 11 is 0. The number of methoxy groups -OCH3 is 1. The quantitative estimate of drug-likeness (QED) is 0.632. The molecular weight excluding hydrogens is 348 g/mol. The normalized spacial score (nSPS) is 11.2. The van der Waals surface area contributed by atoms with Crippen LogP contribution in [0.25, 0.3) is 21.9 Å². The SMILES string of the molecule is CCCN(CC(=O)O)CC(=O)Nc1cc2oc3ccccc3c2cc1OC. The van der Waals surface area contributed by atoms with Crippen LogP contribution in [0.4, 0.5) is 5.69 Å². The molecule has 0 saturated carbocycles. The van der Waals surface area contributed by atoms with Crippen LogP contribution < -0.4 is 10.1 Å². The van der Waals surface area contributed by atoms with Gasteiger partial charge in [0.25, 0.3) is 0 Å². The van der Waals surface area contributed by atoms with E-state index < -0.39 is 5.97 Å². The summed E-state index contributed by atoms with van der Waals surface area (Å²) in [5, 5.41) is 13.7. The van der Waals surface area contributed by atoms with Gasteiger partial charge in [-0.25, -0.2) is 0 Å². The fraction of sp³-hybridized carbons (Fsp3) is 0.300. The number of furan rings is 1. The van der Waals surface area contributed by atoms with Gasteiger partial charge in [-0.3, -0.25) is 14.5 Å². The Labute approximate surface area is 156 Å². The number of rotatable bonds is 8. The van der Waals surface area contributed by atoms with E-state index in [-0.39, 0.29) is 19.0 Å². The summed E-state index contributed by atoms with van der Waals surface area (Å²) in [6, 6.07) is 11.2. The van der Waals surface area contributed by atoms with Crippen LogP contribution in [0.5, 0.6) is 5.75 Å². The molecule has 3 rings (SSSR count). The first-order chi connectivity index (χ1) is 13.0. The Hall–Kier alpha value is -3.06. The van der Waals surface area contributed by atoms with Crippen molar-refractivity contribution in [3.63, 3.8) is 0 Å². The molecule has 0 aliphatic heterocycles. The number of carboxylic acid groups (broad SMARTS) is 1. The lowest BCUT2D eigenvalue weighted by atomic mass is 10.1. The zero-order chi connectivity index (χ0) is 19.4. The monoisotopic (exact) mass is 370 g/mol. The van der Waals surface area contributed by atoms with Gasteiger partial charge >= 0.3 is 5.97 Å². The first-order valence-corrected chi connectivity index (χ1v) is 8.75. The molecule has 1 heterocycles. The lowest BCUT2D eigenvalue weighted by molar-refractivity contribution is -0.138. The van der Waals surface area contributed by atoms with Gasteiger partial charge in [0.1, 0.15) is 16.9 Å². The van der Waals surface area contributed by atoms with Gasteiger partial charge in [-0.2, -0.15) is 0 Å². The zero-order valence-electron chi connectivity index (χ0n) is 15.3. The lowest BCUT2D eigenvalue weighted by Crippen LogP contribution is -2.37. The standard InChI is InChI=1S/C20H22N2O5/c1-3-8-22(12-20(24)25)11-19(23)21-15-10-17-14(9-18(15)26-2)13-6-4-5-7-16(13)27-17/h4-7,9-10H,3,8,11-12H2,1-2H3,(H,21,23)(H,24,25). The predicted molar refractivity (Wildman–Crippen MR) is 103 cm³/mol. The number of ether oxygens (including phenoxy) is 1. The summed E-state index contributed by atoms with van der Waals surface area (Å²) in [5.74, 6) is -0.751. The molecule has 0 radical (unpaired) electrons. The fourth-order valence-electron chi connectivity index (χ4n) is 3.13. The molecule has 0 aliphatic rings. The molecule has 0 bridgehead atoms. The highest BCUT2D eigenvalue weighted by molar-refractivity contribution is 6.07.